The third kappa shape index (κ3) is 3.57. The van der Waals surface area contributed by atoms with Crippen LogP contribution in [0.5, 0.6) is 0 Å². The zero-order valence-electron chi connectivity index (χ0n) is 9.84. The molecule has 1 aromatic carbocycles. The number of hydrogen-bond donors (Lipinski definition) is 0. The van der Waals surface area contributed by atoms with Gasteiger partial charge in [0, 0.05) is 5.02 Å². The van der Waals surface area contributed by atoms with Crippen molar-refractivity contribution in [2.75, 3.05) is 0 Å². The number of nitriles is 1. The molecule has 0 saturated carbocycles. The third-order valence-corrected chi connectivity index (χ3v) is 2.65. The first kappa shape index (κ1) is 14.0. The quantitative estimate of drug-likeness (QED) is 0.721. The molecule has 1 aromatic rings. The maximum absolute atomic E-state index is 9.04. The minimum absolute atomic E-state index is 0.412. The molecule has 0 saturated heterocycles. The van der Waals surface area contributed by atoms with E-state index in [0.717, 1.165) is 12.0 Å². The lowest BCUT2D eigenvalue weighted by Crippen LogP contribution is -2.17. The summed E-state index contributed by atoms with van der Waals surface area (Å²) in [5, 5.41) is 9.72. The van der Waals surface area contributed by atoms with E-state index in [1.807, 2.05) is 52.0 Å². The monoisotopic (exact) mass is 223 g/mol. The van der Waals surface area contributed by atoms with Crippen LogP contribution < -0.4 is 0 Å². The summed E-state index contributed by atoms with van der Waals surface area (Å²) < 4.78 is 0. The molecule has 0 aliphatic heterocycles. The molecule has 0 aliphatic rings. The lowest BCUT2D eigenvalue weighted by atomic mass is 9.82. The highest BCUT2D eigenvalue weighted by atomic mass is 35.5. The number of rotatable bonds is 2. The normalized spacial score (nSPS) is 13.1. The Bertz CT molecular complexity index is 341. The topological polar surface area (TPSA) is 23.8 Å². The predicted octanol–water partition coefficient (Wildman–Crippen LogP) is 4.56. The van der Waals surface area contributed by atoms with Gasteiger partial charge in [0.1, 0.15) is 0 Å². The molecule has 1 nitrogen and oxygen atoms in total. The van der Waals surface area contributed by atoms with E-state index >= 15 is 0 Å². The van der Waals surface area contributed by atoms with Crippen molar-refractivity contribution in [3.05, 3.63) is 34.9 Å². The Hall–Kier alpha value is -1.00. The maximum atomic E-state index is 9.04. The second-order valence-corrected chi connectivity index (χ2v) is 3.74. The van der Waals surface area contributed by atoms with E-state index in [1.54, 1.807) is 0 Å². The van der Waals surface area contributed by atoms with Gasteiger partial charge in [-0.05, 0) is 31.0 Å². The van der Waals surface area contributed by atoms with E-state index in [-0.39, 0.29) is 0 Å². The molecule has 0 fully saturated rings. The summed E-state index contributed by atoms with van der Waals surface area (Å²) in [6.45, 7) is 7.93. The molecular formula is C13H18ClN. The Morgan fingerprint density at radius 3 is 2.40 bits per heavy atom. The van der Waals surface area contributed by atoms with E-state index < -0.39 is 5.41 Å². The summed E-state index contributed by atoms with van der Waals surface area (Å²) in [5.74, 6) is 0. The van der Waals surface area contributed by atoms with Crippen LogP contribution in [0.2, 0.25) is 5.02 Å². The van der Waals surface area contributed by atoms with Gasteiger partial charge < -0.3 is 0 Å². The maximum Gasteiger partial charge on any atom is 0.0792 e. The summed E-state index contributed by atoms with van der Waals surface area (Å²) in [7, 11) is 0. The number of halogens is 1. The van der Waals surface area contributed by atoms with Crippen LogP contribution in [-0.2, 0) is 5.41 Å². The van der Waals surface area contributed by atoms with Gasteiger partial charge in [-0.2, -0.15) is 5.26 Å². The first-order valence-electron chi connectivity index (χ1n) is 5.29. The molecule has 0 amide bonds. The SMILES string of the molecule is CC.CCC(C)(C#N)c1cccc(Cl)c1. The van der Waals surface area contributed by atoms with Gasteiger partial charge in [0.2, 0.25) is 0 Å². The molecule has 0 bridgehead atoms. The molecule has 15 heavy (non-hydrogen) atoms. The first-order chi connectivity index (χ1) is 7.12. The van der Waals surface area contributed by atoms with Crippen molar-refractivity contribution >= 4 is 11.6 Å². The molecule has 2 heteroatoms. The summed E-state index contributed by atoms with van der Waals surface area (Å²) >= 11 is 5.86. The van der Waals surface area contributed by atoms with Crippen LogP contribution in [0.4, 0.5) is 0 Å². The molecule has 82 valence electrons. The van der Waals surface area contributed by atoms with Gasteiger partial charge in [0.25, 0.3) is 0 Å². The van der Waals surface area contributed by atoms with E-state index in [0.29, 0.717) is 5.02 Å². The molecule has 1 rings (SSSR count). The van der Waals surface area contributed by atoms with E-state index in [4.69, 9.17) is 16.9 Å². The van der Waals surface area contributed by atoms with Crippen molar-refractivity contribution in [3.63, 3.8) is 0 Å². The Labute approximate surface area is 97.7 Å². The van der Waals surface area contributed by atoms with E-state index in [9.17, 15) is 0 Å². The van der Waals surface area contributed by atoms with Crippen LogP contribution in [-0.4, -0.2) is 0 Å². The highest BCUT2D eigenvalue weighted by Gasteiger charge is 2.23. The van der Waals surface area contributed by atoms with Crippen molar-refractivity contribution in [3.8, 4) is 6.07 Å². The van der Waals surface area contributed by atoms with Crippen molar-refractivity contribution in [2.24, 2.45) is 0 Å². The summed E-state index contributed by atoms with van der Waals surface area (Å²) in [5.41, 5.74) is 0.579. The zero-order valence-corrected chi connectivity index (χ0v) is 10.6. The van der Waals surface area contributed by atoms with Crippen LogP contribution in [0.3, 0.4) is 0 Å². The number of benzene rings is 1. The predicted molar refractivity (Wildman–Crippen MR) is 66.1 cm³/mol. The Balaban J connectivity index is 0.000000921. The molecule has 0 N–H and O–H groups in total. The van der Waals surface area contributed by atoms with Crippen LogP contribution in [0.15, 0.2) is 24.3 Å². The highest BCUT2D eigenvalue weighted by molar-refractivity contribution is 6.30. The first-order valence-corrected chi connectivity index (χ1v) is 5.67. The molecule has 0 heterocycles. The largest absolute Gasteiger partial charge is 0.197 e. The fourth-order valence-electron chi connectivity index (χ4n) is 1.18. The van der Waals surface area contributed by atoms with E-state index in [1.165, 1.54) is 0 Å². The highest BCUT2D eigenvalue weighted by Crippen LogP contribution is 2.28. The molecule has 0 aliphatic carbocycles. The molecular weight excluding hydrogens is 206 g/mol. The molecule has 1 atom stereocenters. The molecule has 0 aromatic heterocycles. The van der Waals surface area contributed by atoms with Crippen LogP contribution in [0, 0.1) is 11.3 Å². The average Bonchev–Trinajstić information content (AvgIpc) is 2.30. The summed E-state index contributed by atoms with van der Waals surface area (Å²) in [4.78, 5) is 0. The van der Waals surface area contributed by atoms with Gasteiger partial charge in [0.05, 0.1) is 11.5 Å². The van der Waals surface area contributed by atoms with Gasteiger partial charge in [-0.15, -0.1) is 0 Å². The molecule has 1 unspecified atom stereocenters. The lowest BCUT2D eigenvalue weighted by molar-refractivity contribution is 0.587. The Morgan fingerprint density at radius 2 is 2.00 bits per heavy atom. The standard InChI is InChI=1S/C11H12ClN.C2H6/c1-3-11(2,8-13)9-5-4-6-10(12)7-9;1-2/h4-7H,3H2,1-2H3;1-2H3. The fraction of sp³-hybridized carbons (Fsp3) is 0.462. The fourth-order valence-corrected chi connectivity index (χ4v) is 1.37. The summed E-state index contributed by atoms with van der Waals surface area (Å²) in [6, 6.07) is 9.81. The smallest absolute Gasteiger partial charge is 0.0792 e. The number of hydrogen-bond acceptors (Lipinski definition) is 1. The van der Waals surface area contributed by atoms with Gasteiger partial charge in [-0.3, -0.25) is 0 Å². The zero-order chi connectivity index (χ0) is 11.9. The third-order valence-electron chi connectivity index (χ3n) is 2.42. The van der Waals surface area contributed by atoms with Crippen LogP contribution >= 0.6 is 11.6 Å². The van der Waals surface area contributed by atoms with Crippen molar-refractivity contribution in [1.29, 1.82) is 5.26 Å². The van der Waals surface area contributed by atoms with E-state index in [2.05, 4.69) is 6.07 Å². The second-order valence-electron chi connectivity index (χ2n) is 3.31. The second kappa shape index (κ2) is 6.48. The van der Waals surface area contributed by atoms with Crippen molar-refractivity contribution < 1.29 is 0 Å². The minimum atomic E-state index is -0.412. The Kier molecular flexibility index (Phi) is 6.05. The lowest BCUT2D eigenvalue weighted by Gasteiger charge is -2.19. The average molecular weight is 224 g/mol. The Morgan fingerprint density at radius 1 is 1.40 bits per heavy atom. The van der Waals surface area contributed by atoms with Crippen molar-refractivity contribution in [1.82, 2.24) is 0 Å². The summed E-state index contributed by atoms with van der Waals surface area (Å²) in [6.07, 6.45) is 0.795. The van der Waals surface area contributed by atoms with Crippen LogP contribution in [0.25, 0.3) is 0 Å². The molecule has 0 spiro atoms. The molecule has 0 radical (unpaired) electrons. The number of nitrogens with zero attached hydrogens (tertiary/aromatic N) is 1. The van der Waals surface area contributed by atoms with Gasteiger partial charge >= 0.3 is 0 Å². The van der Waals surface area contributed by atoms with Gasteiger partial charge in [-0.1, -0.05) is 44.5 Å². The van der Waals surface area contributed by atoms with Gasteiger partial charge in [0.15, 0.2) is 0 Å². The minimum Gasteiger partial charge on any atom is -0.197 e. The van der Waals surface area contributed by atoms with Gasteiger partial charge in [-0.25, -0.2) is 0 Å². The van der Waals surface area contributed by atoms with Crippen LogP contribution in [0.1, 0.15) is 39.7 Å². The van der Waals surface area contributed by atoms with Crippen molar-refractivity contribution in [2.45, 2.75) is 39.5 Å².